The van der Waals surface area contributed by atoms with Crippen molar-refractivity contribution in [2.24, 2.45) is 0 Å². The smallest absolute Gasteiger partial charge is 0.127 e. The van der Waals surface area contributed by atoms with E-state index in [0.29, 0.717) is 0 Å². The molecular weight excluding hydrogens is 296 g/mol. The van der Waals surface area contributed by atoms with E-state index < -0.39 is 0 Å². The Hall–Kier alpha value is -1.000. The largest absolute Gasteiger partial charge is 0.370 e. The number of benzene rings is 1. The van der Waals surface area contributed by atoms with Gasteiger partial charge in [-0.25, -0.2) is 4.98 Å². The summed E-state index contributed by atoms with van der Waals surface area (Å²) in [7, 11) is 0. The number of aromatic nitrogens is 1. The van der Waals surface area contributed by atoms with E-state index in [2.05, 4.69) is 39.2 Å². The Bertz CT molecular complexity index is 502. The third-order valence-corrected chi connectivity index (χ3v) is 4.10. The number of pyridine rings is 1. The minimum atomic E-state index is 0.885. The SMILES string of the molecule is CCNc1cccc(Sc2ccccc2Br)n1. The third kappa shape index (κ3) is 3.48. The highest BCUT2D eigenvalue weighted by atomic mass is 79.9. The van der Waals surface area contributed by atoms with Crippen LogP contribution in [0, 0.1) is 0 Å². The summed E-state index contributed by atoms with van der Waals surface area (Å²) in [6.07, 6.45) is 0. The van der Waals surface area contributed by atoms with E-state index in [4.69, 9.17) is 0 Å². The van der Waals surface area contributed by atoms with Gasteiger partial charge in [0.05, 0.1) is 0 Å². The number of anilines is 1. The summed E-state index contributed by atoms with van der Waals surface area (Å²) in [6, 6.07) is 14.2. The Morgan fingerprint density at radius 1 is 1.18 bits per heavy atom. The van der Waals surface area contributed by atoms with Gasteiger partial charge >= 0.3 is 0 Å². The van der Waals surface area contributed by atoms with Crippen LogP contribution in [-0.2, 0) is 0 Å². The number of rotatable bonds is 4. The van der Waals surface area contributed by atoms with Crippen LogP contribution in [-0.4, -0.2) is 11.5 Å². The van der Waals surface area contributed by atoms with Crippen molar-refractivity contribution < 1.29 is 0 Å². The maximum atomic E-state index is 4.53. The fourth-order valence-electron chi connectivity index (χ4n) is 1.39. The maximum Gasteiger partial charge on any atom is 0.127 e. The van der Waals surface area contributed by atoms with Gasteiger partial charge in [0, 0.05) is 15.9 Å². The van der Waals surface area contributed by atoms with Crippen LogP contribution in [0.3, 0.4) is 0 Å². The van der Waals surface area contributed by atoms with Gasteiger partial charge < -0.3 is 5.32 Å². The van der Waals surface area contributed by atoms with E-state index in [1.807, 2.05) is 36.4 Å². The zero-order valence-electron chi connectivity index (χ0n) is 9.48. The zero-order valence-corrected chi connectivity index (χ0v) is 11.9. The number of nitrogens with zero attached hydrogens (tertiary/aromatic N) is 1. The van der Waals surface area contributed by atoms with E-state index in [1.165, 1.54) is 4.90 Å². The first-order valence-corrected chi connectivity index (χ1v) is 7.04. The van der Waals surface area contributed by atoms with Crippen LogP contribution in [0.5, 0.6) is 0 Å². The van der Waals surface area contributed by atoms with Crippen molar-refractivity contribution >= 4 is 33.5 Å². The molecule has 0 fully saturated rings. The second-order valence-electron chi connectivity index (χ2n) is 3.42. The van der Waals surface area contributed by atoms with Gasteiger partial charge in [-0.15, -0.1) is 0 Å². The second kappa shape index (κ2) is 6.07. The first-order chi connectivity index (χ1) is 8.29. The summed E-state index contributed by atoms with van der Waals surface area (Å²) >= 11 is 5.20. The number of halogens is 1. The summed E-state index contributed by atoms with van der Waals surface area (Å²) in [6.45, 7) is 2.95. The molecule has 2 nitrogen and oxygen atoms in total. The van der Waals surface area contributed by atoms with E-state index >= 15 is 0 Å². The molecule has 88 valence electrons. The van der Waals surface area contributed by atoms with Crippen LogP contribution in [0.2, 0.25) is 0 Å². The molecule has 1 aromatic heterocycles. The Morgan fingerprint density at radius 3 is 2.76 bits per heavy atom. The lowest BCUT2D eigenvalue weighted by molar-refractivity contribution is 1.08. The Kier molecular flexibility index (Phi) is 4.45. The third-order valence-electron chi connectivity index (χ3n) is 2.13. The molecule has 1 N–H and O–H groups in total. The summed E-state index contributed by atoms with van der Waals surface area (Å²) < 4.78 is 1.10. The van der Waals surface area contributed by atoms with Crippen molar-refractivity contribution in [2.45, 2.75) is 16.8 Å². The van der Waals surface area contributed by atoms with Crippen LogP contribution >= 0.6 is 27.7 Å². The molecule has 0 radical (unpaired) electrons. The molecule has 2 aromatic rings. The molecule has 2 rings (SSSR count). The summed E-state index contributed by atoms with van der Waals surface area (Å²) in [5, 5.41) is 4.21. The minimum Gasteiger partial charge on any atom is -0.370 e. The molecule has 0 saturated carbocycles. The molecule has 0 amide bonds. The molecule has 0 atom stereocenters. The summed E-state index contributed by atoms with van der Waals surface area (Å²) in [4.78, 5) is 5.70. The molecule has 0 aliphatic heterocycles. The van der Waals surface area contributed by atoms with Crippen molar-refractivity contribution in [3.05, 3.63) is 46.9 Å². The molecule has 17 heavy (non-hydrogen) atoms. The molecule has 4 heteroatoms. The van der Waals surface area contributed by atoms with Gasteiger partial charge in [-0.1, -0.05) is 30.0 Å². The van der Waals surface area contributed by atoms with Crippen molar-refractivity contribution in [1.82, 2.24) is 4.98 Å². The van der Waals surface area contributed by atoms with Gasteiger partial charge in [-0.2, -0.15) is 0 Å². The molecule has 0 saturated heterocycles. The molecule has 1 aromatic carbocycles. The Morgan fingerprint density at radius 2 is 2.00 bits per heavy atom. The number of nitrogens with one attached hydrogen (secondary N) is 1. The van der Waals surface area contributed by atoms with Crippen molar-refractivity contribution in [3.8, 4) is 0 Å². The molecule has 1 heterocycles. The average molecular weight is 309 g/mol. The maximum absolute atomic E-state index is 4.53. The van der Waals surface area contributed by atoms with Gasteiger partial charge in [0.25, 0.3) is 0 Å². The van der Waals surface area contributed by atoms with Crippen molar-refractivity contribution in [1.29, 1.82) is 0 Å². The molecule has 0 unspecified atom stereocenters. The van der Waals surface area contributed by atoms with E-state index in [9.17, 15) is 0 Å². The molecule has 0 aliphatic carbocycles. The van der Waals surface area contributed by atoms with E-state index in [1.54, 1.807) is 11.8 Å². The van der Waals surface area contributed by atoms with Crippen LogP contribution in [0.4, 0.5) is 5.82 Å². The standard InChI is InChI=1S/C13H13BrN2S/c1-2-15-12-8-5-9-13(16-12)17-11-7-4-3-6-10(11)14/h3-9H,2H2,1H3,(H,15,16). The van der Waals surface area contributed by atoms with Crippen LogP contribution in [0.25, 0.3) is 0 Å². The van der Waals surface area contributed by atoms with Gasteiger partial charge in [0.15, 0.2) is 0 Å². The van der Waals surface area contributed by atoms with Crippen LogP contribution in [0.1, 0.15) is 6.92 Å². The highest BCUT2D eigenvalue weighted by Crippen LogP contribution is 2.32. The first kappa shape index (κ1) is 12.5. The normalized spacial score (nSPS) is 10.2. The van der Waals surface area contributed by atoms with E-state index in [-0.39, 0.29) is 0 Å². The van der Waals surface area contributed by atoms with Gasteiger partial charge in [-0.3, -0.25) is 0 Å². The lowest BCUT2D eigenvalue weighted by Gasteiger charge is -2.06. The highest BCUT2D eigenvalue weighted by Gasteiger charge is 2.03. The minimum absolute atomic E-state index is 0.885. The molecule has 0 spiro atoms. The van der Waals surface area contributed by atoms with Gasteiger partial charge in [-0.05, 0) is 47.1 Å². The summed E-state index contributed by atoms with van der Waals surface area (Å²) in [5.74, 6) is 0.921. The fourth-order valence-corrected chi connectivity index (χ4v) is 2.75. The fraction of sp³-hybridized carbons (Fsp3) is 0.154. The zero-order chi connectivity index (χ0) is 12.1. The molecular formula is C13H13BrN2S. The summed E-state index contributed by atoms with van der Waals surface area (Å²) in [5.41, 5.74) is 0. The lowest BCUT2D eigenvalue weighted by atomic mass is 10.4. The van der Waals surface area contributed by atoms with Crippen molar-refractivity contribution in [3.63, 3.8) is 0 Å². The molecule has 0 aliphatic rings. The van der Waals surface area contributed by atoms with E-state index in [0.717, 1.165) is 21.9 Å². The monoisotopic (exact) mass is 308 g/mol. The van der Waals surface area contributed by atoms with Crippen LogP contribution < -0.4 is 5.32 Å². The number of hydrogen-bond acceptors (Lipinski definition) is 3. The van der Waals surface area contributed by atoms with Crippen LogP contribution in [0.15, 0.2) is 56.9 Å². The predicted molar refractivity (Wildman–Crippen MR) is 76.7 cm³/mol. The first-order valence-electron chi connectivity index (χ1n) is 5.43. The lowest BCUT2D eigenvalue weighted by Crippen LogP contribution is -1.98. The number of hydrogen-bond donors (Lipinski definition) is 1. The van der Waals surface area contributed by atoms with Gasteiger partial charge in [0.2, 0.25) is 0 Å². The predicted octanol–water partition coefficient (Wildman–Crippen LogP) is 4.43. The average Bonchev–Trinajstić information content (AvgIpc) is 2.33. The Balaban J connectivity index is 2.18. The highest BCUT2D eigenvalue weighted by molar-refractivity contribution is 9.10. The Labute approximate surface area is 114 Å². The van der Waals surface area contributed by atoms with Crippen molar-refractivity contribution in [2.75, 3.05) is 11.9 Å². The molecule has 0 bridgehead atoms. The second-order valence-corrected chi connectivity index (χ2v) is 5.34. The topological polar surface area (TPSA) is 24.9 Å². The quantitative estimate of drug-likeness (QED) is 0.904. The van der Waals surface area contributed by atoms with Gasteiger partial charge in [0.1, 0.15) is 10.8 Å².